The third-order valence-corrected chi connectivity index (χ3v) is 8.62. The highest BCUT2D eigenvalue weighted by Crippen LogP contribution is 2.37. The van der Waals surface area contributed by atoms with Crippen LogP contribution in [0.1, 0.15) is 66.3 Å². The second kappa shape index (κ2) is 11.0. The highest BCUT2D eigenvalue weighted by atomic mass is 16.7. The number of rotatable bonds is 7. The van der Waals surface area contributed by atoms with Gasteiger partial charge in [-0.1, -0.05) is 62.4 Å². The standard InChI is InChI=1S/C31H39BN4O5/c1-19(2)26(35-29(38)39)28(37)36-17-7-8-25(36)27-33-18-24(34-27)22-11-9-20(10-12-22)21-13-15-23(16-14-21)32-40-30(3,4)31(5,6)41-32/h9-16,18-19,25-26,35H,7-8,17H2,1-6H3,(H,33,34)(H,38,39)/t25-,26-/m0/s1. The first-order valence-electron chi connectivity index (χ1n) is 14.3. The molecule has 0 saturated carbocycles. The monoisotopic (exact) mass is 558 g/mol. The third kappa shape index (κ3) is 5.76. The Kier molecular flexibility index (Phi) is 7.74. The first-order valence-corrected chi connectivity index (χ1v) is 14.3. The van der Waals surface area contributed by atoms with E-state index in [1.165, 1.54) is 0 Å². The van der Waals surface area contributed by atoms with Gasteiger partial charge in [0.1, 0.15) is 11.9 Å². The van der Waals surface area contributed by atoms with Crippen LogP contribution in [-0.4, -0.2) is 62.9 Å². The molecule has 3 N–H and O–H groups in total. The van der Waals surface area contributed by atoms with Crippen LogP contribution < -0.4 is 10.8 Å². The Morgan fingerprint density at radius 2 is 1.56 bits per heavy atom. The van der Waals surface area contributed by atoms with Crippen molar-refractivity contribution in [3.8, 4) is 22.4 Å². The molecule has 0 bridgehead atoms. The number of aromatic amines is 1. The molecule has 2 aliphatic rings. The minimum absolute atomic E-state index is 0.162. The number of nitrogens with one attached hydrogen (secondary N) is 2. The van der Waals surface area contributed by atoms with E-state index in [4.69, 9.17) is 9.31 Å². The zero-order valence-electron chi connectivity index (χ0n) is 24.6. The number of nitrogens with zero attached hydrogens (tertiary/aromatic N) is 2. The van der Waals surface area contributed by atoms with Gasteiger partial charge < -0.3 is 29.6 Å². The van der Waals surface area contributed by atoms with Gasteiger partial charge in [0.25, 0.3) is 0 Å². The van der Waals surface area contributed by atoms with Gasteiger partial charge in [-0.25, -0.2) is 9.78 Å². The summed E-state index contributed by atoms with van der Waals surface area (Å²) in [5, 5.41) is 11.6. The Morgan fingerprint density at radius 1 is 1.00 bits per heavy atom. The molecule has 3 heterocycles. The Morgan fingerprint density at radius 3 is 2.12 bits per heavy atom. The Labute approximate surface area is 241 Å². The fraction of sp³-hybridized carbons (Fsp3) is 0.452. The summed E-state index contributed by atoms with van der Waals surface area (Å²) in [7, 11) is -0.387. The number of amides is 2. The molecule has 0 unspecified atom stereocenters. The third-order valence-electron chi connectivity index (χ3n) is 8.62. The average molecular weight is 558 g/mol. The molecule has 1 aromatic heterocycles. The Bertz CT molecular complexity index is 1380. The second-order valence-corrected chi connectivity index (χ2v) is 12.3. The number of carbonyl (C=O) groups excluding carboxylic acids is 1. The quantitative estimate of drug-likeness (QED) is 0.352. The fourth-order valence-corrected chi connectivity index (χ4v) is 5.45. The average Bonchev–Trinajstić information content (AvgIpc) is 3.65. The molecule has 0 spiro atoms. The van der Waals surface area contributed by atoms with Crippen LogP contribution in [0.3, 0.4) is 0 Å². The number of hydrogen-bond donors (Lipinski definition) is 3. The summed E-state index contributed by atoms with van der Waals surface area (Å²) >= 11 is 0. The summed E-state index contributed by atoms with van der Waals surface area (Å²) in [5.74, 6) is 0.341. The molecule has 0 aliphatic carbocycles. The van der Waals surface area contributed by atoms with Crippen LogP contribution >= 0.6 is 0 Å². The smallest absolute Gasteiger partial charge is 0.465 e. The topological polar surface area (TPSA) is 117 Å². The van der Waals surface area contributed by atoms with Crippen LogP contribution in [0.25, 0.3) is 22.4 Å². The zero-order chi connectivity index (χ0) is 29.5. The van der Waals surface area contributed by atoms with E-state index < -0.39 is 12.1 Å². The van der Waals surface area contributed by atoms with Gasteiger partial charge in [-0.3, -0.25) is 4.79 Å². The molecule has 9 nitrogen and oxygen atoms in total. The summed E-state index contributed by atoms with van der Waals surface area (Å²) in [6.07, 6.45) is 2.21. The highest BCUT2D eigenvalue weighted by molar-refractivity contribution is 6.62. The van der Waals surface area contributed by atoms with E-state index >= 15 is 0 Å². The number of carbonyl (C=O) groups is 2. The van der Waals surface area contributed by atoms with Crippen molar-refractivity contribution < 1.29 is 24.0 Å². The lowest BCUT2D eigenvalue weighted by atomic mass is 9.78. The largest absolute Gasteiger partial charge is 0.494 e. The number of hydrogen-bond acceptors (Lipinski definition) is 5. The van der Waals surface area contributed by atoms with E-state index in [1.54, 1.807) is 11.1 Å². The van der Waals surface area contributed by atoms with Crippen molar-refractivity contribution in [2.45, 2.75) is 77.7 Å². The summed E-state index contributed by atoms with van der Waals surface area (Å²) in [5.41, 5.74) is 4.28. The minimum atomic E-state index is -1.20. The maximum atomic E-state index is 13.3. The summed E-state index contributed by atoms with van der Waals surface area (Å²) < 4.78 is 12.4. The maximum Gasteiger partial charge on any atom is 0.494 e. The number of carboxylic acid groups (broad SMARTS) is 1. The molecular formula is C31H39BN4O5. The molecular weight excluding hydrogens is 519 g/mol. The van der Waals surface area contributed by atoms with Crippen LogP contribution in [-0.2, 0) is 14.1 Å². The van der Waals surface area contributed by atoms with Crippen molar-refractivity contribution in [3.05, 3.63) is 60.6 Å². The number of H-pyrrole nitrogens is 1. The molecule has 10 heteroatoms. The fourth-order valence-electron chi connectivity index (χ4n) is 5.45. The number of benzene rings is 2. The molecule has 2 aromatic carbocycles. The van der Waals surface area contributed by atoms with Crippen LogP contribution in [0, 0.1) is 5.92 Å². The normalized spacial score (nSPS) is 20.4. The SMILES string of the molecule is CC(C)[C@H](NC(=O)O)C(=O)N1CCC[C@H]1c1ncc(-c2ccc(-c3ccc(B4OC(C)(C)C(C)(C)O4)cc3)cc2)[nH]1. The van der Waals surface area contributed by atoms with E-state index in [0.717, 1.165) is 40.7 Å². The van der Waals surface area contributed by atoms with Crippen LogP contribution in [0.15, 0.2) is 54.7 Å². The van der Waals surface area contributed by atoms with Gasteiger partial charge >= 0.3 is 13.2 Å². The molecule has 2 atom stereocenters. The molecule has 2 aliphatic heterocycles. The Hall–Kier alpha value is -3.63. The molecule has 216 valence electrons. The van der Waals surface area contributed by atoms with Gasteiger partial charge in [0.15, 0.2) is 0 Å². The van der Waals surface area contributed by atoms with E-state index in [0.29, 0.717) is 12.4 Å². The predicted molar refractivity (Wildman–Crippen MR) is 159 cm³/mol. The summed E-state index contributed by atoms with van der Waals surface area (Å²) in [6, 6.07) is 15.5. The Balaban J connectivity index is 1.28. The number of likely N-dealkylation sites (tertiary alicyclic amines) is 1. The van der Waals surface area contributed by atoms with Crippen molar-refractivity contribution >= 4 is 24.6 Å². The van der Waals surface area contributed by atoms with E-state index in [2.05, 4.69) is 91.5 Å². The lowest BCUT2D eigenvalue weighted by molar-refractivity contribution is -0.135. The molecule has 2 fully saturated rings. The summed E-state index contributed by atoms with van der Waals surface area (Å²) in [6.45, 7) is 12.5. The summed E-state index contributed by atoms with van der Waals surface area (Å²) in [4.78, 5) is 34.3. The van der Waals surface area contributed by atoms with Gasteiger partial charge in [0.05, 0.1) is 29.1 Å². The van der Waals surface area contributed by atoms with Gasteiger partial charge in [0.2, 0.25) is 5.91 Å². The lowest BCUT2D eigenvalue weighted by Crippen LogP contribution is -2.50. The highest BCUT2D eigenvalue weighted by Gasteiger charge is 2.51. The zero-order valence-corrected chi connectivity index (χ0v) is 24.6. The number of aromatic nitrogens is 2. The van der Waals surface area contributed by atoms with Crippen LogP contribution in [0.2, 0.25) is 0 Å². The lowest BCUT2D eigenvalue weighted by Gasteiger charge is -2.32. The van der Waals surface area contributed by atoms with Crippen LogP contribution in [0.5, 0.6) is 0 Å². The first-order chi connectivity index (χ1) is 19.4. The molecule has 0 radical (unpaired) electrons. The molecule has 41 heavy (non-hydrogen) atoms. The van der Waals surface area contributed by atoms with E-state index in [-0.39, 0.29) is 36.2 Å². The molecule has 2 saturated heterocycles. The van der Waals surface area contributed by atoms with Crippen LogP contribution in [0.4, 0.5) is 4.79 Å². The van der Waals surface area contributed by atoms with Crippen molar-refractivity contribution in [2.24, 2.45) is 5.92 Å². The molecule has 2 amide bonds. The van der Waals surface area contributed by atoms with E-state index in [1.807, 2.05) is 13.8 Å². The van der Waals surface area contributed by atoms with Crippen molar-refractivity contribution in [1.29, 1.82) is 0 Å². The van der Waals surface area contributed by atoms with Gasteiger partial charge in [-0.15, -0.1) is 0 Å². The van der Waals surface area contributed by atoms with Gasteiger partial charge in [0, 0.05) is 6.54 Å². The second-order valence-electron chi connectivity index (χ2n) is 12.3. The predicted octanol–water partition coefficient (Wildman–Crippen LogP) is 5.00. The molecule has 5 rings (SSSR count). The minimum Gasteiger partial charge on any atom is -0.465 e. The van der Waals surface area contributed by atoms with Crippen molar-refractivity contribution in [1.82, 2.24) is 20.2 Å². The van der Waals surface area contributed by atoms with Crippen molar-refractivity contribution in [3.63, 3.8) is 0 Å². The van der Waals surface area contributed by atoms with Gasteiger partial charge in [-0.05, 0) is 68.6 Å². The van der Waals surface area contributed by atoms with Crippen molar-refractivity contribution in [2.75, 3.05) is 6.54 Å². The maximum absolute atomic E-state index is 13.3. The van der Waals surface area contributed by atoms with E-state index in [9.17, 15) is 14.7 Å². The first kappa shape index (κ1) is 28.9. The molecule has 3 aromatic rings. The number of imidazole rings is 1. The van der Waals surface area contributed by atoms with Gasteiger partial charge in [-0.2, -0.15) is 0 Å².